The number of nitrogens with zero attached hydrogens (tertiary/aromatic N) is 1. The number of anilines is 1. The monoisotopic (exact) mass is 372 g/mol. The van der Waals surface area contributed by atoms with Gasteiger partial charge in [-0.05, 0) is 6.92 Å². The third kappa shape index (κ3) is 4.36. The van der Waals surface area contributed by atoms with Crippen molar-refractivity contribution in [2.75, 3.05) is 12.4 Å². The van der Waals surface area contributed by atoms with E-state index in [1.807, 2.05) is 0 Å². The minimum atomic E-state index is -1.08. The molecule has 0 aliphatic rings. The van der Waals surface area contributed by atoms with E-state index in [4.69, 9.17) is 0 Å². The molecule has 0 bridgehead atoms. The highest BCUT2D eigenvalue weighted by atomic mass is 32.1. The van der Waals surface area contributed by atoms with Crippen molar-refractivity contribution in [3.05, 3.63) is 34.5 Å². The maximum absolute atomic E-state index is 13.9. The summed E-state index contributed by atoms with van der Waals surface area (Å²) in [5, 5.41) is 2.62. The molecule has 1 atom stereocenters. The Labute approximate surface area is 145 Å². The molecule has 1 aromatic heterocycles. The van der Waals surface area contributed by atoms with Gasteiger partial charge in [0.25, 0.3) is 0 Å². The number of hydrogen-bond donors (Lipinski definition) is 1. The van der Waals surface area contributed by atoms with E-state index in [0.717, 1.165) is 11.3 Å². The van der Waals surface area contributed by atoms with Crippen molar-refractivity contribution >= 4 is 28.3 Å². The van der Waals surface area contributed by atoms with Crippen molar-refractivity contribution < 1.29 is 27.5 Å². The highest BCUT2D eigenvalue weighted by Gasteiger charge is 2.22. The molecule has 0 saturated carbocycles. The Balaban J connectivity index is 2.24. The molecule has 0 aliphatic carbocycles. The summed E-state index contributed by atoms with van der Waals surface area (Å²) >= 11 is 1.01. The van der Waals surface area contributed by atoms with Crippen LogP contribution in [0.2, 0.25) is 0 Å². The zero-order chi connectivity index (χ0) is 18.7. The predicted octanol–water partition coefficient (Wildman–Crippen LogP) is 3.67. The number of amides is 1. The van der Waals surface area contributed by atoms with Gasteiger partial charge in [0.2, 0.25) is 5.91 Å². The van der Waals surface area contributed by atoms with Gasteiger partial charge in [-0.2, -0.15) is 0 Å². The van der Waals surface area contributed by atoms with Gasteiger partial charge >= 0.3 is 5.97 Å². The Morgan fingerprint density at radius 2 is 1.88 bits per heavy atom. The summed E-state index contributed by atoms with van der Waals surface area (Å²) in [6.45, 7) is 3.11. The topological polar surface area (TPSA) is 68.3 Å². The van der Waals surface area contributed by atoms with Gasteiger partial charge in [0.05, 0.1) is 24.8 Å². The van der Waals surface area contributed by atoms with Gasteiger partial charge in [-0.25, -0.2) is 18.2 Å². The highest BCUT2D eigenvalue weighted by Crippen LogP contribution is 2.34. The second kappa shape index (κ2) is 7.64. The first-order valence-corrected chi connectivity index (χ1v) is 8.04. The fraction of sp³-hybridized carbons (Fsp3) is 0.312. The number of halogens is 3. The van der Waals surface area contributed by atoms with Crippen LogP contribution in [0.1, 0.15) is 18.2 Å². The van der Waals surface area contributed by atoms with Crippen molar-refractivity contribution in [3.63, 3.8) is 0 Å². The molecular formula is C16H15F3N2O3S. The molecule has 134 valence electrons. The number of hydrogen-bond acceptors (Lipinski definition) is 5. The number of methoxy groups -OCH3 is 1. The normalized spacial score (nSPS) is 11.9. The van der Waals surface area contributed by atoms with E-state index in [9.17, 15) is 22.8 Å². The Hall–Kier alpha value is -2.42. The van der Waals surface area contributed by atoms with Crippen molar-refractivity contribution in [2.24, 2.45) is 5.92 Å². The maximum atomic E-state index is 13.9. The largest absolute Gasteiger partial charge is 0.469 e. The van der Waals surface area contributed by atoms with Crippen LogP contribution in [0.4, 0.5) is 18.3 Å². The highest BCUT2D eigenvalue weighted by molar-refractivity contribution is 7.16. The fourth-order valence-electron chi connectivity index (χ4n) is 2.10. The summed E-state index contributed by atoms with van der Waals surface area (Å²) in [5.41, 5.74) is -0.478. The number of thiazole rings is 1. The van der Waals surface area contributed by atoms with Crippen molar-refractivity contribution in [1.82, 2.24) is 4.98 Å². The zero-order valence-corrected chi connectivity index (χ0v) is 14.5. The lowest BCUT2D eigenvalue weighted by molar-refractivity contribution is -0.143. The average molecular weight is 372 g/mol. The number of benzene rings is 1. The molecule has 0 fully saturated rings. The number of esters is 1. The number of aromatic nitrogens is 1. The first kappa shape index (κ1) is 18.9. The molecule has 1 heterocycles. The van der Waals surface area contributed by atoms with Gasteiger partial charge in [0.15, 0.2) is 5.13 Å². The van der Waals surface area contributed by atoms with Crippen LogP contribution in [0, 0.1) is 30.3 Å². The molecule has 2 rings (SSSR count). The van der Waals surface area contributed by atoms with Crippen LogP contribution in [-0.2, 0) is 14.3 Å². The first-order valence-electron chi connectivity index (χ1n) is 7.23. The van der Waals surface area contributed by atoms with Crippen molar-refractivity contribution in [1.29, 1.82) is 0 Å². The van der Waals surface area contributed by atoms with Crippen molar-refractivity contribution in [3.8, 4) is 11.3 Å². The van der Waals surface area contributed by atoms with E-state index in [1.165, 1.54) is 14.0 Å². The van der Waals surface area contributed by atoms with E-state index < -0.39 is 40.8 Å². The average Bonchev–Trinajstić information content (AvgIpc) is 2.86. The van der Waals surface area contributed by atoms with E-state index in [2.05, 4.69) is 15.0 Å². The number of nitrogens with one attached hydrogen (secondary N) is 1. The lowest BCUT2D eigenvalue weighted by atomic mass is 10.1. The van der Waals surface area contributed by atoms with Crippen LogP contribution in [0.5, 0.6) is 0 Å². The minimum Gasteiger partial charge on any atom is -0.469 e. The Kier molecular flexibility index (Phi) is 5.78. The summed E-state index contributed by atoms with van der Waals surface area (Å²) in [6.07, 6.45) is -0.110. The Morgan fingerprint density at radius 3 is 2.44 bits per heavy atom. The minimum absolute atomic E-state index is 0.0177. The molecule has 1 N–H and O–H groups in total. The first-order chi connectivity index (χ1) is 11.7. The summed E-state index contributed by atoms with van der Waals surface area (Å²) in [4.78, 5) is 27.7. The molecule has 0 radical (unpaired) electrons. The molecule has 1 unspecified atom stereocenters. The standard InChI is InChI=1S/C16H15F3N2O3S/c1-7(4-12(22)24-3)15(23)21-16-20-14(8(2)25-16)13-10(18)5-9(17)6-11(13)19/h5-7H,4H2,1-3H3,(H,20,21,23). The van der Waals surface area contributed by atoms with E-state index in [-0.39, 0.29) is 17.2 Å². The number of ether oxygens (including phenoxy) is 1. The smallest absolute Gasteiger partial charge is 0.306 e. The van der Waals surface area contributed by atoms with Gasteiger partial charge in [-0.15, -0.1) is 11.3 Å². The summed E-state index contributed by atoms with van der Waals surface area (Å²) in [7, 11) is 1.22. The number of carbonyl (C=O) groups excluding carboxylic acids is 2. The lowest BCUT2D eigenvalue weighted by Crippen LogP contribution is -2.23. The van der Waals surface area contributed by atoms with Crippen LogP contribution < -0.4 is 5.32 Å². The third-order valence-electron chi connectivity index (χ3n) is 3.42. The molecule has 1 amide bonds. The number of carbonyl (C=O) groups is 2. The molecule has 5 nitrogen and oxygen atoms in total. The van der Waals surface area contributed by atoms with Crippen LogP contribution >= 0.6 is 11.3 Å². The van der Waals surface area contributed by atoms with E-state index in [1.54, 1.807) is 6.92 Å². The molecule has 2 aromatic rings. The Bertz CT molecular complexity index is 800. The van der Waals surface area contributed by atoms with Gasteiger partial charge < -0.3 is 10.1 Å². The van der Waals surface area contributed by atoms with Crippen LogP contribution in [0.3, 0.4) is 0 Å². The second-order valence-electron chi connectivity index (χ2n) is 5.34. The van der Waals surface area contributed by atoms with Crippen LogP contribution in [0.15, 0.2) is 12.1 Å². The van der Waals surface area contributed by atoms with Gasteiger partial charge in [-0.3, -0.25) is 9.59 Å². The fourth-order valence-corrected chi connectivity index (χ4v) is 2.93. The number of aryl methyl sites for hydroxylation is 1. The summed E-state index contributed by atoms with van der Waals surface area (Å²) in [5.74, 6) is -4.87. The molecule has 0 aliphatic heterocycles. The van der Waals surface area contributed by atoms with Crippen molar-refractivity contribution in [2.45, 2.75) is 20.3 Å². The zero-order valence-electron chi connectivity index (χ0n) is 13.7. The van der Waals surface area contributed by atoms with Gasteiger partial charge in [0.1, 0.15) is 17.5 Å². The van der Waals surface area contributed by atoms with E-state index >= 15 is 0 Å². The van der Waals surface area contributed by atoms with E-state index in [0.29, 0.717) is 17.0 Å². The Morgan fingerprint density at radius 1 is 1.28 bits per heavy atom. The second-order valence-corrected chi connectivity index (χ2v) is 6.54. The molecule has 9 heteroatoms. The lowest BCUT2D eigenvalue weighted by Gasteiger charge is -2.08. The quantitative estimate of drug-likeness (QED) is 0.813. The van der Waals surface area contributed by atoms with Crippen LogP contribution in [-0.4, -0.2) is 24.0 Å². The maximum Gasteiger partial charge on any atom is 0.306 e. The molecular weight excluding hydrogens is 357 g/mol. The summed E-state index contributed by atoms with van der Waals surface area (Å²) in [6, 6.07) is 1.13. The SMILES string of the molecule is COC(=O)CC(C)C(=O)Nc1nc(-c2c(F)cc(F)cc2F)c(C)s1. The molecule has 1 aromatic carbocycles. The molecule has 25 heavy (non-hydrogen) atoms. The van der Waals surface area contributed by atoms with Gasteiger partial charge in [-0.1, -0.05) is 6.92 Å². The molecule has 0 saturated heterocycles. The summed E-state index contributed by atoms with van der Waals surface area (Å²) < 4.78 is 45.3. The van der Waals surface area contributed by atoms with Crippen LogP contribution in [0.25, 0.3) is 11.3 Å². The predicted molar refractivity (Wildman–Crippen MR) is 86.6 cm³/mol. The third-order valence-corrected chi connectivity index (χ3v) is 4.30. The van der Waals surface area contributed by atoms with Gasteiger partial charge in [0, 0.05) is 22.9 Å². The number of rotatable bonds is 5. The molecule has 0 spiro atoms.